The van der Waals surface area contributed by atoms with E-state index in [0.717, 1.165) is 23.5 Å². The van der Waals surface area contributed by atoms with Crippen molar-refractivity contribution in [2.75, 3.05) is 30.5 Å². The highest BCUT2D eigenvalue weighted by Crippen LogP contribution is 2.38. The summed E-state index contributed by atoms with van der Waals surface area (Å²) in [4.78, 5) is 11.8. The SMILES string of the molecule is COCCNc1nc(-c2ccccc2)cc(N2c3ccccc3CC2C)n1. The van der Waals surface area contributed by atoms with Gasteiger partial charge in [-0.3, -0.25) is 0 Å². The number of fused-ring (bicyclic) bond motifs is 1. The molecule has 3 aromatic rings. The number of ether oxygens (including phenoxy) is 1. The van der Waals surface area contributed by atoms with Crippen LogP contribution in [-0.4, -0.2) is 36.3 Å². The van der Waals surface area contributed by atoms with Gasteiger partial charge in [0.15, 0.2) is 0 Å². The number of nitrogens with one attached hydrogen (secondary N) is 1. The normalized spacial score (nSPS) is 15.6. The molecule has 5 heteroatoms. The fraction of sp³-hybridized carbons (Fsp3) is 0.273. The van der Waals surface area contributed by atoms with Crippen LogP contribution in [0.5, 0.6) is 0 Å². The standard InChI is InChI=1S/C22H24N4O/c1-16-14-18-10-6-7-11-20(18)26(16)21-15-19(17-8-4-3-5-9-17)24-22(25-21)23-12-13-27-2/h3-11,15-16H,12-14H2,1-2H3,(H,23,24,25). The number of nitrogens with zero attached hydrogens (tertiary/aromatic N) is 3. The van der Waals surface area contributed by atoms with Gasteiger partial charge in [-0.1, -0.05) is 48.5 Å². The Balaban J connectivity index is 1.76. The largest absolute Gasteiger partial charge is 0.383 e. The minimum Gasteiger partial charge on any atom is -0.383 e. The van der Waals surface area contributed by atoms with Gasteiger partial charge in [-0.15, -0.1) is 0 Å². The summed E-state index contributed by atoms with van der Waals surface area (Å²) < 4.78 is 5.14. The number of benzene rings is 2. The first kappa shape index (κ1) is 17.5. The van der Waals surface area contributed by atoms with Crippen LogP contribution in [0.15, 0.2) is 60.7 Å². The van der Waals surface area contributed by atoms with E-state index in [4.69, 9.17) is 14.7 Å². The van der Waals surface area contributed by atoms with E-state index in [1.165, 1.54) is 11.3 Å². The van der Waals surface area contributed by atoms with Gasteiger partial charge in [-0.25, -0.2) is 4.98 Å². The predicted octanol–water partition coefficient (Wildman–Crippen LogP) is 4.28. The molecule has 4 rings (SSSR count). The third-order valence-electron chi connectivity index (χ3n) is 4.83. The van der Waals surface area contributed by atoms with E-state index < -0.39 is 0 Å². The lowest BCUT2D eigenvalue weighted by Gasteiger charge is -2.25. The molecule has 1 aliphatic rings. The number of para-hydroxylation sites is 1. The van der Waals surface area contributed by atoms with Gasteiger partial charge >= 0.3 is 0 Å². The Kier molecular flexibility index (Phi) is 5.03. The molecular weight excluding hydrogens is 336 g/mol. The number of methoxy groups -OCH3 is 1. The van der Waals surface area contributed by atoms with Crippen molar-refractivity contribution in [3.8, 4) is 11.3 Å². The Hall–Kier alpha value is -2.92. The molecule has 0 aliphatic carbocycles. The highest BCUT2D eigenvalue weighted by molar-refractivity contribution is 5.73. The molecule has 0 radical (unpaired) electrons. The van der Waals surface area contributed by atoms with Crippen molar-refractivity contribution >= 4 is 17.5 Å². The molecule has 2 heterocycles. The maximum absolute atomic E-state index is 5.14. The van der Waals surface area contributed by atoms with Gasteiger partial charge in [0.05, 0.1) is 12.3 Å². The summed E-state index contributed by atoms with van der Waals surface area (Å²) in [6.07, 6.45) is 1.02. The van der Waals surface area contributed by atoms with Gasteiger partial charge < -0.3 is 15.0 Å². The molecule has 1 N–H and O–H groups in total. The van der Waals surface area contributed by atoms with Crippen LogP contribution in [-0.2, 0) is 11.2 Å². The maximum Gasteiger partial charge on any atom is 0.225 e. The van der Waals surface area contributed by atoms with Crippen LogP contribution in [0, 0.1) is 0 Å². The summed E-state index contributed by atoms with van der Waals surface area (Å²) in [5.74, 6) is 1.54. The van der Waals surface area contributed by atoms with Crippen LogP contribution >= 0.6 is 0 Å². The fourth-order valence-electron chi connectivity index (χ4n) is 3.57. The second kappa shape index (κ2) is 7.76. The number of anilines is 3. The van der Waals surface area contributed by atoms with E-state index >= 15 is 0 Å². The van der Waals surface area contributed by atoms with E-state index in [9.17, 15) is 0 Å². The molecule has 0 bridgehead atoms. The Labute approximate surface area is 160 Å². The van der Waals surface area contributed by atoms with Gasteiger partial charge in [-0.05, 0) is 25.0 Å². The quantitative estimate of drug-likeness (QED) is 0.665. The summed E-state index contributed by atoms with van der Waals surface area (Å²) in [5.41, 5.74) is 4.58. The number of hydrogen-bond donors (Lipinski definition) is 1. The minimum atomic E-state index is 0.354. The first-order valence-electron chi connectivity index (χ1n) is 9.30. The molecule has 27 heavy (non-hydrogen) atoms. The van der Waals surface area contributed by atoms with E-state index in [0.29, 0.717) is 25.1 Å². The van der Waals surface area contributed by atoms with Crippen molar-refractivity contribution in [1.82, 2.24) is 9.97 Å². The van der Waals surface area contributed by atoms with Crippen LogP contribution in [0.3, 0.4) is 0 Å². The van der Waals surface area contributed by atoms with Gasteiger partial charge in [0.2, 0.25) is 5.95 Å². The molecule has 1 aliphatic heterocycles. The van der Waals surface area contributed by atoms with Crippen LogP contribution in [0.1, 0.15) is 12.5 Å². The Morgan fingerprint density at radius 1 is 1.07 bits per heavy atom. The van der Waals surface area contributed by atoms with Crippen molar-refractivity contribution in [1.29, 1.82) is 0 Å². The minimum absolute atomic E-state index is 0.354. The van der Waals surface area contributed by atoms with Crippen LogP contribution < -0.4 is 10.2 Å². The number of hydrogen-bond acceptors (Lipinski definition) is 5. The van der Waals surface area contributed by atoms with E-state index in [-0.39, 0.29) is 0 Å². The topological polar surface area (TPSA) is 50.3 Å². The average Bonchev–Trinajstić information content (AvgIpc) is 3.04. The number of rotatable bonds is 6. The van der Waals surface area contributed by atoms with Gasteiger partial charge in [0.25, 0.3) is 0 Å². The highest BCUT2D eigenvalue weighted by Gasteiger charge is 2.28. The second-order valence-corrected chi connectivity index (χ2v) is 6.77. The zero-order valence-electron chi connectivity index (χ0n) is 15.7. The third-order valence-corrected chi connectivity index (χ3v) is 4.83. The first-order chi connectivity index (χ1) is 13.3. The molecule has 5 nitrogen and oxygen atoms in total. The number of aromatic nitrogens is 2. The molecule has 1 unspecified atom stereocenters. The maximum atomic E-state index is 5.14. The molecular formula is C22H24N4O. The predicted molar refractivity (Wildman–Crippen MR) is 110 cm³/mol. The van der Waals surface area contributed by atoms with Crippen LogP contribution in [0.4, 0.5) is 17.5 Å². The third kappa shape index (κ3) is 3.64. The van der Waals surface area contributed by atoms with E-state index in [1.54, 1.807) is 7.11 Å². The summed E-state index contributed by atoms with van der Waals surface area (Å²) in [6.45, 7) is 3.51. The molecule has 0 saturated heterocycles. The Morgan fingerprint density at radius 2 is 1.85 bits per heavy atom. The van der Waals surface area contributed by atoms with Crippen molar-refractivity contribution in [2.45, 2.75) is 19.4 Å². The Bertz CT molecular complexity index is 913. The van der Waals surface area contributed by atoms with Gasteiger partial charge in [0.1, 0.15) is 5.82 Å². The lowest BCUT2D eigenvalue weighted by Crippen LogP contribution is -2.25. The van der Waals surface area contributed by atoms with Crippen molar-refractivity contribution < 1.29 is 4.74 Å². The van der Waals surface area contributed by atoms with Gasteiger partial charge in [0, 0.05) is 37.0 Å². The van der Waals surface area contributed by atoms with E-state index in [1.807, 2.05) is 18.2 Å². The molecule has 138 valence electrons. The fourth-order valence-corrected chi connectivity index (χ4v) is 3.57. The molecule has 1 aromatic heterocycles. The lowest BCUT2D eigenvalue weighted by atomic mass is 10.1. The zero-order valence-corrected chi connectivity index (χ0v) is 15.7. The molecule has 0 amide bonds. The summed E-state index contributed by atoms with van der Waals surface area (Å²) in [5, 5.41) is 3.28. The monoisotopic (exact) mass is 360 g/mol. The van der Waals surface area contributed by atoms with E-state index in [2.05, 4.69) is 59.6 Å². The Morgan fingerprint density at radius 3 is 2.67 bits per heavy atom. The molecule has 2 aromatic carbocycles. The molecule has 0 saturated carbocycles. The lowest BCUT2D eigenvalue weighted by molar-refractivity contribution is 0.210. The molecule has 0 fully saturated rings. The van der Waals surface area contributed by atoms with Crippen LogP contribution in [0.25, 0.3) is 11.3 Å². The zero-order chi connectivity index (χ0) is 18.6. The summed E-state index contributed by atoms with van der Waals surface area (Å²) in [7, 11) is 1.69. The smallest absolute Gasteiger partial charge is 0.225 e. The van der Waals surface area contributed by atoms with Crippen molar-refractivity contribution in [3.63, 3.8) is 0 Å². The van der Waals surface area contributed by atoms with Gasteiger partial charge in [-0.2, -0.15) is 4.98 Å². The first-order valence-corrected chi connectivity index (χ1v) is 9.30. The van der Waals surface area contributed by atoms with Crippen molar-refractivity contribution in [3.05, 3.63) is 66.2 Å². The van der Waals surface area contributed by atoms with Crippen LogP contribution in [0.2, 0.25) is 0 Å². The highest BCUT2D eigenvalue weighted by atomic mass is 16.5. The summed E-state index contributed by atoms with van der Waals surface area (Å²) >= 11 is 0. The second-order valence-electron chi connectivity index (χ2n) is 6.77. The molecule has 1 atom stereocenters. The van der Waals surface area contributed by atoms with Crippen molar-refractivity contribution in [2.24, 2.45) is 0 Å². The average molecular weight is 360 g/mol. The molecule has 0 spiro atoms. The summed E-state index contributed by atoms with van der Waals surface area (Å²) in [6, 6.07) is 21.2.